The van der Waals surface area contributed by atoms with Gasteiger partial charge in [0.05, 0.1) is 18.9 Å². The number of aromatic nitrogens is 1. The van der Waals surface area contributed by atoms with Crippen LogP contribution in [-0.2, 0) is 16.0 Å². The average molecular weight is 497 g/mol. The maximum atomic E-state index is 13.4. The number of carbonyl (C=O) groups is 1. The van der Waals surface area contributed by atoms with Crippen LogP contribution in [0.15, 0.2) is 30.3 Å². The van der Waals surface area contributed by atoms with Gasteiger partial charge in [-0.1, -0.05) is 6.07 Å². The van der Waals surface area contributed by atoms with Crippen molar-refractivity contribution in [2.75, 3.05) is 66.7 Å². The molecular formula is C28H40N4O4. The van der Waals surface area contributed by atoms with E-state index in [0.29, 0.717) is 36.8 Å². The second-order valence-electron chi connectivity index (χ2n) is 9.78. The van der Waals surface area contributed by atoms with Crippen LogP contribution in [0.4, 0.5) is 0 Å². The summed E-state index contributed by atoms with van der Waals surface area (Å²) in [5, 5.41) is 0. The fraction of sp³-hybridized carbons (Fsp3) is 0.571. The summed E-state index contributed by atoms with van der Waals surface area (Å²) in [6.45, 7) is 10.8. The summed E-state index contributed by atoms with van der Waals surface area (Å²) < 4.78 is 17.0. The third-order valence-corrected chi connectivity index (χ3v) is 6.99. The van der Waals surface area contributed by atoms with Crippen LogP contribution >= 0.6 is 0 Å². The normalized spacial score (nSPS) is 16.5. The van der Waals surface area contributed by atoms with E-state index in [0.717, 1.165) is 62.3 Å². The number of ether oxygens (including phenoxy) is 3. The summed E-state index contributed by atoms with van der Waals surface area (Å²) in [6, 6.07) is 10.5. The van der Waals surface area contributed by atoms with Crippen LogP contribution in [0.3, 0.4) is 0 Å². The minimum atomic E-state index is 0.0659. The Labute approximate surface area is 215 Å². The van der Waals surface area contributed by atoms with E-state index in [2.05, 4.69) is 14.8 Å². The first-order valence-corrected chi connectivity index (χ1v) is 13.0. The lowest BCUT2D eigenvalue weighted by Crippen LogP contribution is -2.49. The van der Waals surface area contributed by atoms with E-state index in [4.69, 9.17) is 14.2 Å². The van der Waals surface area contributed by atoms with Crippen molar-refractivity contribution in [3.8, 4) is 11.5 Å². The number of carbonyl (C=O) groups excluding carboxylic acids is 1. The largest absolute Gasteiger partial charge is 0.455 e. The Morgan fingerprint density at radius 2 is 1.67 bits per heavy atom. The number of hydrogen-bond donors (Lipinski definition) is 0. The predicted octanol–water partition coefficient (Wildman–Crippen LogP) is 3.51. The van der Waals surface area contributed by atoms with E-state index in [1.807, 2.05) is 49.1 Å². The van der Waals surface area contributed by atoms with Gasteiger partial charge in [0, 0.05) is 82.9 Å². The Morgan fingerprint density at radius 3 is 2.28 bits per heavy atom. The topological polar surface area (TPSA) is 67.4 Å². The van der Waals surface area contributed by atoms with Gasteiger partial charge < -0.3 is 19.1 Å². The molecule has 0 spiro atoms. The molecule has 4 rings (SSSR count). The fourth-order valence-corrected chi connectivity index (χ4v) is 4.68. The van der Waals surface area contributed by atoms with Gasteiger partial charge in [-0.05, 0) is 51.0 Å². The zero-order valence-electron chi connectivity index (χ0n) is 22.2. The first-order valence-electron chi connectivity index (χ1n) is 13.0. The van der Waals surface area contributed by atoms with Crippen molar-refractivity contribution in [1.82, 2.24) is 19.7 Å². The third-order valence-electron chi connectivity index (χ3n) is 6.99. The second-order valence-corrected chi connectivity index (χ2v) is 9.78. The van der Waals surface area contributed by atoms with Crippen LogP contribution < -0.4 is 4.74 Å². The molecule has 1 saturated heterocycles. The molecule has 8 nitrogen and oxygen atoms in total. The molecule has 2 aromatic rings. The van der Waals surface area contributed by atoms with Crippen molar-refractivity contribution < 1.29 is 19.0 Å². The lowest BCUT2D eigenvalue weighted by atomic mass is 10.1. The van der Waals surface area contributed by atoms with Crippen LogP contribution in [0.25, 0.3) is 0 Å². The maximum absolute atomic E-state index is 13.4. The van der Waals surface area contributed by atoms with Gasteiger partial charge in [0.25, 0.3) is 5.91 Å². The molecule has 1 saturated carbocycles. The third kappa shape index (κ3) is 7.03. The van der Waals surface area contributed by atoms with Crippen molar-refractivity contribution in [2.45, 2.75) is 39.3 Å². The van der Waals surface area contributed by atoms with Crippen LogP contribution in [-0.4, -0.2) is 98.3 Å². The Hall–Kier alpha value is -2.52. The van der Waals surface area contributed by atoms with E-state index < -0.39 is 0 Å². The molecule has 0 radical (unpaired) electrons. The average Bonchev–Trinajstić information content (AvgIpc) is 3.73. The van der Waals surface area contributed by atoms with E-state index >= 15 is 0 Å². The zero-order valence-corrected chi connectivity index (χ0v) is 22.2. The summed E-state index contributed by atoms with van der Waals surface area (Å²) in [7, 11) is 3.42. The van der Waals surface area contributed by atoms with Crippen LogP contribution in [0, 0.1) is 13.8 Å². The molecule has 0 atom stereocenters. The first kappa shape index (κ1) is 26.5. The quantitative estimate of drug-likeness (QED) is 0.446. The van der Waals surface area contributed by atoms with E-state index in [1.165, 1.54) is 12.8 Å². The van der Waals surface area contributed by atoms with E-state index in [9.17, 15) is 4.79 Å². The summed E-state index contributed by atoms with van der Waals surface area (Å²) in [5.74, 6) is 1.45. The molecular weight excluding hydrogens is 456 g/mol. The number of rotatable bonds is 12. The summed E-state index contributed by atoms with van der Waals surface area (Å²) in [4.78, 5) is 24.7. The monoisotopic (exact) mass is 496 g/mol. The molecule has 1 aromatic carbocycles. The Balaban J connectivity index is 1.56. The number of amides is 1. The number of hydrogen-bond acceptors (Lipinski definition) is 7. The smallest absolute Gasteiger partial charge is 0.254 e. The number of pyridine rings is 1. The van der Waals surface area contributed by atoms with Crippen molar-refractivity contribution in [1.29, 1.82) is 0 Å². The summed E-state index contributed by atoms with van der Waals surface area (Å²) in [6.07, 6.45) is 2.60. The molecule has 1 amide bonds. The molecule has 2 fully saturated rings. The second kappa shape index (κ2) is 12.6. The van der Waals surface area contributed by atoms with Crippen LogP contribution in [0.2, 0.25) is 0 Å². The molecule has 1 aliphatic carbocycles. The van der Waals surface area contributed by atoms with Crippen molar-refractivity contribution in [3.05, 3.63) is 52.8 Å². The number of methoxy groups -OCH3 is 2. The van der Waals surface area contributed by atoms with Gasteiger partial charge in [0.2, 0.25) is 0 Å². The molecule has 36 heavy (non-hydrogen) atoms. The first-order chi connectivity index (χ1) is 17.5. The minimum Gasteiger partial charge on any atom is -0.455 e. The highest BCUT2D eigenvalue weighted by atomic mass is 16.5. The molecule has 2 aliphatic rings. The van der Waals surface area contributed by atoms with E-state index in [1.54, 1.807) is 14.2 Å². The highest BCUT2D eigenvalue weighted by Crippen LogP contribution is 2.31. The molecule has 1 aromatic heterocycles. The highest BCUT2D eigenvalue weighted by molar-refractivity contribution is 5.95. The van der Waals surface area contributed by atoms with Gasteiger partial charge >= 0.3 is 0 Å². The fourth-order valence-electron chi connectivity index (χ4n) is 4.68. The lowest BCUT2D eigenvalue weighted by Gasteiger charge is -2.35. The molecule has 196 valence electrons. The Kier molecular flexibility index (Phi) is 9.31. The minimum absolute atomic E-state index is 0.0659. The maximum Gasteiger partial charge on any atom is 0.254 e. The van der Waals surface area contributed by atoms with Gasteiger partial charge in [-0.25, -0.2) is 0 Å². The van der Waals surface area contributed by atoms with Gasteiger partial charge in [-0.2, -0.15) is 0 Å². The molecule has 0 unspecified atom stereocenters. The Morgan fingerprint density at radius 1 is 0.972 bits per heavy atom. The Bertz CT molecular complexity index is 1010. The zero-order chi connectivity index (χ0) is 25.5. The number of aryl methyl sites for hydroxylation is 2. The lowest BCUT2D eigenvalue weighted by molar-refractivity contribution is 0.0627. The molecule has 2 heterocycles. The number of nitrogens with zero attached hydrogens (tertiary/aromatic N) is 4. The number of piperazine rings is 1. The molecule has 8 heteroatoms. The van der Waals surface area contributed by atoms with Gasteiger partial charge in [0.15, 0.2) is 0 Å². The molecule has 0 bridgehead atoms. The van der Waals surface area contributed by atoms with Crippen molar-refractivity contribution in [2.24, 2.45) is 0 Å². The van der Waals surface area contributed by atoms with Gasteiger partial charge in [0.1, 0.15) is 11.5 Å². The molecule has 1 aliphatic heterocycles. The van der Waals surface area contributed by atoms with Crippen molar-refractivity contribution >= 4 is 5.91 Å². The van der Waals surface area contributed by atoms with Crippen LogP contribution in [0.1, 0.15) is 40.2 Å². The SMILES string of the molecule is COCCN(CCOC)Cc1ccc(C(=O)N2CCN(C3CC3)CC2)cc1Oc1ccc(C)nc1C. The van der Waals surface area contributed by atoms with Gasteiger partial charge in [-0.3, -0.25) is 19.6 Å². The highest BCUT2D eigenvalue weighted by Gasteiger charge is 2.32. The van der Waals surface area contributed by atoms with E-state index in [-0.39, 0.29) is 5.91 Å². The summed E-state index contributed by atoms with van der Waals surface area (Å²) in [5.41, 5.74) is 3.44. The van der Waals surface area contributed by atoms with Crippen molar-refractivity contribution in [3.63, 3.8) is 0 Å². The summed E-state index contributed by atoms with van der Waals surface area (Å²) >= 11 is 0. The predicted molar refractivity (Wildman–Crippen MR) is 140 cm³/mol. The standard InChI is InChI=1S/C28H40N4O4/c1-21-5-10-26(22(2)29-21)36-27-19-23(28(33)32-13-11-31(12-14-32)25-8-9-25)6-7-24(27)20-30(15-17-34-3)16-18-35-4/h5-7,10,19,25H,8-9,11-18,20H2,1-4H3. The van der Waals surface area contributed by atoms with Crippen LogP contribution in [0.5, 0.6) is 11.5 Å². The molecule has 0 N–H and O–H groups in total. The number of benzene rings is 1. The van der Waals surface area contributed by atoms with Gasteiger partial charge in [-0.15, -0.1) is 0 Å².